The Bertz CT molecular complexity index is 995. The number of benzene rings is 3. The summed E-state index contributed by atoms with van der Waals surface area (Å²) in [6.07, 6.45) is 1.66. The number of nitrogens with one attached hydrogen (secondary N) is 1. The van der Waals surface area contributed by atoms with Crippen molar-refractivity contribution in [2.24, 2.45) is 5.10 Å². The van der Waals surface area contributed by atoms with E-state index in [1.54, 1.807) is 36.5 Å². The second-order valence-corrected chi connectivity index (χ2v) is 6.87. The second kappa shape index (κ2) is 10.1. The van der Waals surface area contributed by atoms with Gasteiger partial charge in [0.05, 0.1) is 28.6 Å². The molecule has 0 aliphatic rings. The van der Waals surface area contributed by atoms with E-state index in [9.17, 15) is 4.39 Å². The van der Waals surface area contributed by atoms with Gasteiger partial charge in [0.1, 0.15) is 12.4 Å². The number of rotatable bonds is 8. The predicted octanol–water partition coefficient (Wildman–Crippen LogP) is 6.56. The first-order chi connectivity index (χ1) is 14.0. The van der Waals surface area contributed by atoms with Crippen molar-refractivity contribution in [3.63, 3.8) is 0 Å². The number of ether oxygens (including phenoxy) is 2. The maximum absolute atomic E-state index is 13.0. The molecule has 0 spiro atoms. The minimum Gasteiger partial charge on any atom is -0.490 e. The third-order valence-corrected chi connectivity index (χ3v) is 4.64. The standard InChI is InChI=1S/C22H19Cl2FN2O2/c1-2-28-22-11-16(13-26-27-18-8-9-19(23)20(24)12-18)5-10-21(22)29-14-15-3-6-17(25)7-4-15/h3-13,27H,2,14H2,1H3. The molecule has 0 fully saturated rings. The van der Waals surface area contributed by atoms with Crippen LogP contribution in [0.15, 0.2) is 65.8 Å². The van der Waals surface area contributed by atoms with Gasteiger partial charge in [0.15, 0.2) is 11.5 Å². The van der Waals surface area contributed by atoms with Crippen LogP contribution in [0.2, 0.25) is 10.0 Å². The lowest BCUT2D eigenvalue weighted by atomic mass is 10.2. The topological polar surface area (TPSA) is 42.8 Å². The first kappa shape index (κ1) is 21.0. The maximum Gasteiger partial charge on any atom is 0.161 e. The molecule has 0 aliphatic carbocycles. The van der Waals surface area contributed by atoms with Crippen molar-refractivity contribution in [1.82, 2.24) is 0 Å². The Labute approximate surface area is 178 Å². The molecule has 3 rings (SSSR count). The first-order valence-electron chi connectivity index (χ1n) is 8.93. The van der Waals surface area contributed by atoms with Gasteiger partial charge in [0.25, 0.3) is 0 Å². The molecule has 0 saturated heterocycles. The quantitative estimate of drug-likeness (QED) is 0.323. The van der Waals surface area contributed by atoms with Crippen LogP contribution in [-0.4, -0.2) is 12.8 Å². The van der Waals surface area contributed by atoms with Crippen molar-refractivity contribution >= 4 is 35.1 Å². The number of hydrogen-bond donors (Lipinski definition) is 1. The minimum absolute atomic E-state index is 0.276. The van der Waals surface area contributed by atoms with Gasteiger partial charge in [-0.25, -0.2) is 4.39 Å². The van der Waals surface area contributed by atoms with E-state index in [-0.39, 0.29) is 5.82 Å². The zero-order chi connectivity index (χ0) is 20.6. The molecule has 0 unspecified atom stereocenters. The van der Waals surface area contributed by atoms with Crippen LogP contribution in [-0.2, 0) is 6.61 Å². The predicted molar refractivity (Wildman–Crippen MR) is 116 cm³/mol. The molecule has 0 aromatic heterocycles. The summed E-state index contributed by atoms with van der Waals surface area (Å²) in [7, 11) is 0. The van der Waals surface area contributed by atoms with Gasteiger partial charge in [-0.2, -0.15) is 5.10 Å². The fourth-order valence-electron chi connectivity index (χ4n) is 2.48. The van der Waals surface area contributed by atoms with Gasteiger partial charge in [-0.15, -0.1) is 0 Å². The van der Waals surface area contributed by atoms with Crippen LogP contribution in [0, 0.1) is 5.82 Å². The van der Waals surface area contributed by atoms with E-state index in [1.165, 1.54) is 12.1 Å². The van der Waals surface area contributed by atoms with Crippen molar-refractivity contribution in [1.29, 1.82) is 0 Å². The lowest BCUT2D eigenvalue weighted by Gasteiger charge is -2.12. The summed E-state index contributed by atoms with van der Waals surface area (Å²) >= 11 is 11.9. The molecule has 150 valence electrons. The Hall–Kier alpha value is -2.76. The van der Waals surface area contributed by atoms with Gasteiger partial charge in [0, 0.05) is 0 Å². The van der Waals surface area contributed by atoms with Crippen LogP contribution in [0.5, 0.6) is 11.5 Å². The molecule has 4 nitrogen and oxygen atoms in total. The van der Waals surface area contributed by atoms with E-state index in [0.29, 0.717) is 34.8 Å². The van der Waals surface area contributed by atoms with Crippen LogP contribution in [0.1, 0.15) is 18.1 Å². The van der Waals surface area contributed by atoms with Gasteiger partial charge in [-0.1, -0.05) is 35.3 Å². The van der Waals surface area contributed by atoms with Gasteiger partial charge in [-0.05, 0) is 66.6 Å². The Balaban J connectivity index is 1.67. The number of anilines is 1. The molecule has 0 bridgehead atoms. The monoisotopic (exact) mass is 432 g/mol. The molecule has 0 radical (unpaired) electrons. The van der Waals surface area contributed by atoms with Crippen molar-refractivity contribution < 1.29 is 13.9 Å². The lowest BCUT2D eigenvalue weighted by Crippen LogP contribution is -2.01. The number of halogens is 3. The fraction of sp³-hybridized carbons (Fsp3) is 0.136. The first-order valence-corrected chi connectivity index (χ1v) is 9.69. The molecule has 7 heteroatoms. The lowest BCUT2D eigenvalue weighted by molar-refractivity contribution is 0.269. The SMILES string of the molecule is CCOc1cc(C=NNc2ccc(Cl)c(Cl)c2)ccc1OCc1ccc(F)cc1. The van der Waals surface area contributed by atoms with Crippen LogP contribution in [0.4, 0.5) is 10.1 Å². The normalized spacial score (nSPS) is 10.9. The Morgan fingerprint density at radius 1 is 0.931 bits per heavy atom. The van der Waals surface area contributed by atoms with Crippen LogP contribution in [0.25, 0.3) is 0 Å². The summed E-state index contributed by atoms with van der Waals surface area (Å²) < 4.78 is 24.5. The Kier molecular flexibility index (Phi) is 7.33. The fourth-order valence-corrected chi connectivity index (χ4v) is 2.78. The summed E-state index contributed by atoms with van der Waals surface area (Å²) in [5.74, 6) is 0.931. The van der Waals surface area contributed by atoms with E-state index in [0.717, 1.165) is 16.8 Å². The largest absolute Gasteiger partial charge is 0.490 e. The molecule has 0 aliphatic heterocycles. The molecule has 29 heavy (non-hydrogen) atoms. The summed E-state index contributed by atoms with van der Waals surface area (Å²) in [5.41, 5.74) is 5.32. The van der Waals surface area contributed by atoms with Crippen molar-refractivity contribution in [3.8, 4) is 11.5 Å². The zero-order valence-electron chi connectivity index (χ0n) is 15.7. The van der Waals surface area contributed by atoms with Crippen molar-refractivity contribution in [2.75, 3.05) is 12.0 Å². The molecular weight excluding hydrogens is 414 g/mol. The molecule has 0 atom stereocenters. The smallest absolute Gasteiger partial charge is 0.161 e. The molecule has 0 amide bonds. The summed E-state index contributed by atoms with van der Waals surface area (Å²) in [6.45, 7) is 2.71. The van der Waals surface area contributed by atoms with Gasteiger partial charge >= 0.3 is 0 Å². The average Bonchev–Trinajstić information content (AvgIpc) is 2.71. The Morgan fingerprint density at radius 2 is 1.72 bits per heavy atom. The van der Waals surface area contributed by atoms with Crippen LogP contribution < -0.4 is 14.9 Å². The third kappa shape index (κ3) is 6.11. The number of nitrogens with zero attached hydrogens (tertiary/aromatic N) is 1. The number of hydrazone groups is 1. The van der Waals surface area contributed by atoms with Crippen LogP contribution in [0.3, 0.4) is 0 Å². The number of hydrogen-bond acceptors (Lipinski definition) is 4. The maximum atomic E-state index is 13.0. The molecule has 3 aromatic rings. The highest BCUT2D eigenvalue weighted by Gasteiger charge is 2.07. The summed E-state index contributed by atoms with van der Waals surface area (Å²) in [5, 5.41) is 5.14. The second-order valence-electron chi connectivity index (χ2n) is 6.05. The van der Waals surface area contributed by atoms with E-state index in [4.69, 9.17) is 32.7 Å². The average molecular weight is 433 g/mol. The van der Waals surface area contributed by atoms with Gasteiger partial charge in [0.2, 0.25) is 0 Å². The summed E-state index contributed by atoms with van der Waals surface area (Å²) in [6, 6.07) is 16.9. The molecule has 0 saturated carbocycles. The van der Waals surface area contributed by atoms with E-state index < -0.39 is 0 Å². The molecule has 3 aromatic carbocycles. The minimum atomic E-state index is -0.276. The Morgan fingerprint density at radius 3 is 2.45 bits per heavy atom. The highest BCUT2D eigenvalue weighted by atomic mass is 35.5. The highest BCUT2D eigenvalue weighted by molar-refractivity contribution is 6.42. The summed E-state index contributed by atoms with van der Waals surface area (Å²) in [4.78, 5) is 0. The van der Waals surface area contributed by atoms with Crippen molar-refractivity contribution in [3.05, 3.63) is 87.7 Å². The van der Waals surface area contributed by atoms with E-state index in [2.05, 4.69) is 10.5 Å². The van der Waals surface area contributed by atoms with Crippen molar-refractivity contribution in [2.45, 2.75) is 13.5 Å². The molecule has 0 heterocycles. The van der Waals surface area contributed by atoms with Crippen LogP contribution >= 0.6 is 23.2 Å². The molecular formula is C22H19Cl2FN2O2. The third-order valence-electron chi connectivity index (χ3n) is 3.90. The highest BCUT2D eigenvalue weighted by Crippen LogP contribution is 2.29. The van der Waals surface area contributed by atoms with E-state index in [1.807, 2.05) is 25.1 Å². The van der Waals surface area contributed by atoms with Gasteiger partial charge < -0.3 is 9.47 Å². The van der Waals surface area contributed by atoms with Gasteiger partial charge in [-0.3, -0.25) is 5.43 Å². The van der Waals surface area contributed by atoms with E-state index >= 15 is 0 Å². The molecule has 1 N–H and O–H groups in total. The zero-order valence-corrected chi connectivity index (χ0v) is 17.2.